The highest BCUT2D eigenvalue weighted by atomic mass is 16.5. The van der Waals surface area contributed by atoms with E-state index >= 15 is 0 Å². The zero-order valence-corrected chi connectivity index (χ0v) is 10.5. The minimum atomic E-state index is 0.212. The summed E-state index contributed by atoms with van der Waals surface area (Å²) in [6.07, 6.45) is 0.424. The Morgan fingerprint density at radius 1 is 1.35 bits per heavy atom. The lowest BCUT2D eigenvalue weighted by molar-refractivity contribution is -0.00548. The lowest BCUT2D eigenvalue weighted by atomic mass is 10.2. The third-order valence-corrected chi connectivity index (χ3v) is 2.81. The Morgan fingerprint density at radius 3 is 2.59 bits per heavy atom. The van der Waals surface area contributed by atoms with Gasteiger partial charge in [0.25, 0.3) is 0 Å². The molecule has 2 atom stereocenters. The van der Waals surface area contributed by atoms with Gasteiger partial charge in [0.2, 0.25) is 5.88 Å². The summed E-state index contributed by atoms with van der Waals surface area (Å²) in [5, 5.41) is 0. The van der Waals surface area contributed by atoms with Gasteiger partial charge in [0.05, 0.1) is 25.0 Å². The van der Waals surface area contributed by atoms with Gasteiger partial charge in [-0.1, -0.05) is 0 Å². The maximum Gasteiger partial charge on any atom is 0.238 e. The van der Waals surface area contributed by atoms with Crippen LogP contribution in [0.3, 0.4) is 0 Å². The fourth-order valence-corrected chi connectivity index (χ4v) is 2.15. The van der Waals surface area contributed by atoms with Gasteiger partial charge in [-0.3, -0.25) is 0 Å². The Balaban J connectivity index is 2.21. The van der Waals surface area contributed by atoms with Gasteiger partial charge in [-0.25, -0.2) is 0 Å². The highest BCUT2D eigenvalue weighted by molar-refractivity contribution is 5.54. The number of aromatic nitrogens is 1. The first-order valence-electron chi connectivity index (χ1n) is 5.81. The van der Waals surface area contributed by atoms with Crippen LogP contribution < -0.4 is 15.4 Å². The maximum absolute atomic E-state index is 5.75. The SMILES string of the molecule is COc1nc(N2C[C@@H](C)O[C@@H](C)C2)ccc1N. The van der Waals surface area contributed by atoms with Gasteiger partial charge in [0.1, 0.15) is 5.82 Å². The standard InChI is InChI=1S/C12H19N3O2/c1-8-6-15(7-9(2)17-8)11-5-4-10(13)12(14-11)16-3/h4-5,8-9H,6-7,13H2,1-3H3/t8-,9+. The van der Waals surface area contributed by atoms with Crippen LogP contribution >= 0.6 is 0 Å². The van der Waals surface area contributed by atoms with Crippen molar-refractivity contribution in [1.29, 1.82) is 0 Å². The number of morpholine rings is 1. The molecule has 2 N–H and O–H groups in total. The van der Waals surface area contributed by atoms with E-state index in [1.165, 1.54) is 0 Å². The van der Waals surface area contributed by atoms with Crippen LogP contribution in [0.15, 0.2) is 12.1 Å². The van der Waals surface area contributed by atoms with E-state index in [-0.39, 0.29) is 12.2 Å². The molecule has 0 radical (unpaired) electrons. The lowest BCUT2D eigenvalue weighted by Gasteiger charge is -2.36. The molecule has 0 amide bonds. The van der Waals surface area contributed by atoms with E-state index in [4.69, 9.17) is 15.2 Å². The number of rotatable bonds is 2. The van der Waals surface area contributed by atoms with Crippen molar-refractivity contribution in [2.75, 3.05) is 30.8 Å². The lowest BCUT2D eigenvalue weighted by Crippen LogP contribution is -2.45. The predicted molar refractivity (Wildman–Crippen MR) is 67.4 cm³/mol. The molecular weight excluding hydrogens is 218 g/mol. The van der Waals surface area contributed by atoms with E-state index in [1.807, 2.05) is 12.1 Å². The van der Waals surface area contributed by atoms with Gasteiger partial charge < -0.3 is 20.1 Å². The molecule has 0 bridgehead atoms. The number of nitrogen functional groups attached to an aromatic ring is 1. The molecule has 5 nitrogen and oxygen atoms in total. The summed E-state index contributed by atoms with van der Waals surface area (Å²) >= 11 is 0. The zero-order valence-electron chi connectivity index (χ0n) is 10.5. The average molecular weight is 237 g/mol. The van der Waals surface area contributed by atoms with E-state index in [0.717, 1.165) is 18.9 Å². The van der Waals surface area contributed by atoms with Crippen LogP contribution in [0.2, 0.25) is 0 Å². The Kier molecular flexibility index (Phi) is 3.38. The van der Waals surface area contributed by atoms with Crippen LogP contribution in [-0.4, -0.2) is 37.4 Å². The van der Waals surface area contributed by atoms with Crippen molar-refractivity contribution in [3.63, 3.8) is 0 Å². The van der Waals surface area contributed by atoms with Crippen molar-refractivity contribution in [3.8, 4) is 5.88 Å². The van der Waals surface area contributed by atoms with E-state index in [2.05, 4.69) is 23.7 Å². The summed E-state index contributed by atoms with van der Waals surface area (Å²) in [6, 6.07) is 3.74. The predicted octanol–water partition coefficient (Wildman–Crippen LogP) is 1.29. The Labute approximate surface area is 102 Å². The van der Waals surface area contributed by atoms with Crippen LogP contribution in [0.5, 0.6) is 5.88 Å². The van der Waals surface area contributed by atoms with Crippen LogP contribution in [0.1, 0.15) is 13.8 Å². The summed E-state index contributed by atoms with van der Waals surface area (Å²) in [5.74, 6) is 1.37. The molecule has 1 fully saturated rings. The number of methoxy groups -OCH3 is 1. The molecule has 2 rings (SSSR count). The minimum Gasteiger partial charge on any atom is -0.479 e. The molecule has 0 saturated carbocycles. The Bertz CT molecular complexity index is 387. The first-order valence-corrected chi connectivity index (χ1v) is 5.81. The molecule has 1 aliphatic heterocycles. The van der Waals surface area contributed by atoms with Crippen molar-refractivity contribution in [2.45, 2.75) is 26.1 Å². The fourth-order valence-electron chi connectivity index (χ4n) is 2.15. The Morgan fingerprint density at radius 2 is 2.00 bits per heavy atom. The summed E-state index contributed by atoms with van der Waals surface area (Å²) in [6.45, 7) is 5.81. The van der Waals surface area contributed by atoms with Gasteiger partial charge >= 0.3 is 0 Å². The number of anilines is 2. The molecule has 1 aromatic rings. The average Bonchev–Trinajstić information content (AvgIpc) is 2.28. The molecule has 1 saturated heterocycles. The molecule has 0 spiro atoms. The van der Waals surface area contributed by atoms with Crippen LogP contribution in [-0.2, 0) is 4.74 Å². The van der Waals surface area contributed by atoms with E-state index < -0.39 is 0 Å². The van der Waals surface area contributed by atoms with Gasteiger partial charge in [0.15, 0.2) is 0 Å². The number of nitrogens with two attached hydrogens (primary N) is 1. The van der Waals surface area contributed by atoms with Crippen molar-refractivity contribution < 1.29 is 9.47 Å². The third-order valence-electron chi connectivity index (χ3n) is 2.81. The molecule has 1 aliphatic rings. The molecule has 2 heterocycles. The summed E-state index contributed by atoms with van der Waals surface area (Å²) in [5.41, 5.74) is 6.31. The van der Waals surface area contributed by atoms with Crippen molar-refractivity contribution in [2.24, 2.45) is 0 Å². The van der Waals surface area contributed by atoms with E-state index in [0.29, 0.717) is 11.6 Å². The van der Waals surface area contributed by atoms with Crippen molar-refractivity contribution in [3.05, 3.63) is 12.1 Å². The first kappa shape index (κ1) is 12.0. The largest absolute Gasteiger partial charge is 0.479 e. The minimum absolute atomic E-state index is 0.212. The van der Waals surface area contributed by atoms with Crippen molar-refractivity contribution in [1.82, 2.24) is 4.98 Å². The van der Waals surface area contributed by atoms with E-state index in [1.54, 1.807) is 7.11 Å². The van der Waals surface area contributed by atoms with Gasteiger partial charge in [-0.05, 0) is 26.0 Å². The topological polar surface area (TPSA) is 60.6 Å². The number of hydrogen-bond acceptors (Lipinski definition) is 5. The van der Waals surface area contributed by atoms with Gasteiger partial charge in [0, 0.05) is 13.1 Å². The van der Waals surface area contributed by atoms with Crippen molar-refractivity contribution >= 4 is 11.5 Å². The quantitative estimate of drug-likeness (QED) is 0.839. The summed E-state index contributed by atoms with van der Waals surface area (Å²) in [7, 11) is 1.58. The summed E-state index contributed by atoms with van der Waals surface area (Å²) in [4.78, 5) is 6.60. The first-order chi connectivity index (χ1) is 8.10. The molecular formula is C12H19N3O2. The highest BCUT2D eigenvalue weighted by Crippen LogP contribution is 2.24. The molecule has 0 aliphatic carbocycles. The van der Waals surface area contributed by atoms with Gasteiger partial charge in [-0.2, -0.15) is 4.98 Å². The molecule has 0 unspecified atom stereocenters. The number of pyridine rings is 1. The molecule has 1 aromatic heterocycles. The highest BCUT2D eigenvalue weighted by Gasteiger charge is 2.23. The number of nitrogens with zero attached hydrogens (tertiary/aromatic N) is 2. The third kappa shape index (κ3) is 2.61. The fraction of sp³-hybridized carbons (Fsp3) is 0.583. The zero-order chi connectivity index (χ0) is 12.4. The second-order valence-electron chi connectivity index (χ2n) is 4.43. The monoisotopic (exact) mass is 237 g/mol. The smallest absolute Gasteiger partial charge is 0.238 e. The van der Waals surface area contributed by atoms with Crippen LogP contribution in [0.4, 0.5) is 11.5 Å². The second kappa shape index (κ2) is 4.79. The Hall–Kier alpha value is -1.49. The van der Waals surface area contributed by atoms with Crippen LogP contribution in [0, 0.1) is 0 Å². The second-order valence-corrected chi connectivity index (χ2v) is 4.43. The molecule has 5 heteroatoms. The number of ether oxygens (including phenoxy) is 2. The molecule has 94 valence electrons. The normalized spacial score (nSPS) is 24.8. The summed E-state index contributed by atoms with van der Waals surface area (Å²) < 4.78 is 10.8. The van der Waals surface area contributed by atoms with Crippen LogP contribution in [0.25, 0.3) is 0 Å². The number of hydrogen-bond donors (Lipinski definition) is 1. The molecule has 17 heavy (non-hydrogen) atoms. The van der Waals surface area contributed by atoms with Gasteiger partial charge in [-0.15, -0.1) is 0 Å². The van der Waals surface area contributed by atoms with E-state index in [9.17, 15) is 0 Å². The maximum atomic E-state index is 5.75. The molecule has 0 aromatic carbocycles.